The summed E-state index contributed by atoms with van der Waals surface area (Å²) in [4.78, 5) is 1.38. The Morgan fingerprint density at radius 2 is 1.94 bits per heavy atom. The molecular weight excluding hydrogens is 262 g/mol. The van der Waals surface area contributed by atoms with Crippen molar-refractivity contribution in [2.24, 2.45) is 0 Å². The first-order valence-electron chi connectivity index (χ1n) is 6.19. The number of nitrogens with one attached hydrogen (secondary N) is 1. The van der Waals surface area contributed by atoms with E-state index < -0.39 is 0 Å². The molecule has 0 spiro atoms. The Labute approximate surface area is 118 Å². The maximum atomic E-state index is 6.18. The quantitative estimate of drug-likeness (QED) is 0.838. The number of rotatable bonds is 5. The molecule has 18 heavy (non-hydrogen) atoms. The third-order valence-electron chi connectivity index (χ3n) is 2.99. The minimum Gasteiger partial charge on any atom is -0.307 e. The summed E-state index contributed by atoms with van der Waals surface area (Å²) in [6.07, 6.45) is 0.954. The Balaban J connectivity index is 1.93. The lowest BCUT2D eigenvalue weighted by atomic mass is 10.1. The van der Waals surface area contributed by atoms with Gasteiger partial charge in [-0.15, -0.1) is 11.3 Å². The zero-order chi connectivity index (χ0) is 13.0. The molecule has 2 rings (SSSR count). The van der Waals surface area contributed by atoms with Gasteiger partial charge in [-0.1, -0.05) is 35.9 Å². The summed E-state index contributed by atoms with van der Waals surface area (Å²) in [6, 6.07) is 13.1. The SMILES string of the molecule is CC(Cc1ccccc1Cl)NC(C)c1cccs1. The minimum absolute atomic E-state index is 0.391. The van der Waals surface area contributed by atoms with Crippen LogP contribution in [0.25, 0.3) is 0 Å². The largest absolute Gasteiger partial charge is 0.307 e. The summed E-state index contributed by atoms with van der Waals surface area (Å²) in [5.74, 6) is 0. The van der Waals surface area contributed by atoms with Crippen LogP contribution >= 0.6 is 22.9 Å². The highest BCUT2D eigenvalue weighted by Crippen LogP contribution is 2.21. The Bertz CT molecular complexity index is 481. The van der Waals surface area contributed by atoms with Crippen molar-refractivity contribution in [3.63, 3.8) is 0 Å². The molecule has 2 aromatic rings. The highest BCUT2D eigenvalue weighted by Gasteiger charge is 2.11. The van der Waals surface area contributed by atoms with Gasteiger partial charge in [-0.25, -0.2) is 0 Å². The fraction of sp³-hybridized carbons (Fsp3) is 0.333. The predicted molar refractivity (Wildman–Crippen MR) is 80.5 cm³/mol. The molecule has 0 amide bonds. The fourth-order valence-corrected chi connectivity index (χ4v) is 3.06. The van der Waals surface area contributed by atoms with E-state index in [1.54, 1.807) is 11.3 Å². The molecule has 0 bridgehead atoms. The summed E-state index contributed by atoms with van der Waals surface area (Å²) in [5.41, 5.74) is 1.21. The molecule has 1 N–H and O–H groups in total. The lowest BCUT2D eigenvalue weighted by molar-refractivity contribution is 0.482. The van der Waals surface area contributed by atoms with E-state index in [0.717, 1.165) is 11.4 Å². The molecule has 0 saturated heterocycles. The maximum Gasteiger partial charge on any atom is 0.0438 e. The molecule has 1 heterocycles. The van der Waals surface area contributed by atoms with Crippen molar-refractivity contribution < 1.29 is 0 Å². The topological polar surface area (TPSA) is 12.0 Å². The Hall–Kier alpha value is -0.830. The lowest BCUT2D eigenvalue weighted by Gasteiger charge is -2.19. The van der Waals surface area contributed by atoms with Crippen LogP contribution in [-0.2, 0) is 6.42 Å². The first-order chi connectivity index (χ1) is 8.66. The van der Waals surface area contributed by atoms with Gasteiger partial charge < -0.3 is 5.32 Å². The summed E-state index contributed by atoms with van der Waals surface area (Å²) >= 11 is 7.97. The second-order valence-corrected chi connectivity index (χ2v) is 5.99. The molecular formula is C15H18ClNS. The van der Waals surface area contributed by atoms with Crippen molar-refractivity contribution in [3.8, 4) is 0 Å². The van der Waals surface area contributed by atoms with Crippen molar-refractivity contribution in [3.05, 3.63) is 57.2 Å². The van der Waals surface area contributed by atoms with Gasteiger partial charge in [0, 0.05) is 22.0 Å². The van der Waals surface area contributed by atoms with Crippen LogP contribution in [0.3, 0.4) is 0 Å². The van der Waals surface area contributed by atoms with Crippen LogP contribution in [0.15, 0.2) is 41.8 Å². The predicted octanol–water partition coefficient (Wildman–Crippen LogP) is 4.68. The van der Waals surface area contributed by atoms with Crippen molar-refractivity contribution in [1.29, 1.82) is 0 Å². The van der Waals surface area contributed by atoms with Gasteiger partial charge in [0.05, 0.1) is 0 Å². The third kappa shape index (κ3) is 3.58. The molecule has 3 heteroatoms. The summed E-state index contributed by atoms with van der Waals surface area (Å²) in [6.45, 7) is 4.41. The first kappa shape index (κ1) is 13.6. The fourth-order valence-electron chi connectivity index (χ4n) is 2.10. The van der Waals surface area contributed by atoms with E-state index in [-0.39, 0.29) is 0 Å². The number of hydrogen-bond acceptors (Lipinski definition) is 2. The van der Waals surface area contributed by atoms with E-state index in [0.29, 0.717) is 12.1 Å². The van der Waals surface area contributed by atoms with E-state index in [2.05, 4.69) is 42.7 Å². The Morgan fingerprint density at radius 1 is 1.17 bits per heavy atom. The van der Waals surface area contributed by atoms with Crippen molar-refractivity contribution in [1.82, 2.24) is 5.32 Å². The number of benzene rings is 1. The smallest absolute Gasteiger partial charge is 0.0438 e. The molecule has 0 aliphatic rings. The van der Waals surface area contributed by atoms with Gasteiger partial charge in [-0.2, -0.15) is 0 Å². The molecule has 1 nitrogen and oxygen atoms in total. The van der Waals surface area contributed by atoms with E-state index >= 15 is 0 Å². The van der Waals surface area contributed by atoms with E-state index in [1.165, 1.54) is 10.4 Å². The first-order valence-corrected chi connectivity index (χ1v) is 7.45. The molecule has 1 aromatic heterocycles. The summed E-state index contributed by atoms with van der Waals surface area (Å²) in [7, 11) is 0. The number of thiophene rings is 1. The Morgan fingerprint density at radius 3 is 2.61 bits per heavy atom. The van der Waals surface area contributed by atoms with Gasteiger partial charge in [0.25, 0.3) is 0 Å². The zero-order valence-corrected chi connectivity index (χ0v) is 12.3. The molecule has 1 aromatic carbocycles. The average Bonchev–Trinajstić information content (AvgIpc) is 2.85. The van der Waals surface area contributed by atoms with Crippen LogP contribution in [0.2, 0.25) is 5.02 Å². The monoisotopic (exact) mass is 279 g/mol. The van der Waals surface area contributed by atoms with Crippen molar-refractivity contribution in [2.45, 2.75) is 32.4 Å². The average molecular weight is 280 g/mol. The van der Waals surface area contributed by atoms with Crippen molar-refractivity contribution in [2.75, 3.05) is 0 Å². The van der Waals surface area contributed by atoms with E-state index in [1.807, 2.05) is 18.2 Å². The zero-order valence-electron chi connectivity index (χ0n) is 10.7. The molecule has 2 unspecified atom stereocenters. The Kier molecular flexibility index (Phi) is 4.81. The highest BCUT2D eigenvalue weighted by atomic mass is 35.5. The minimum atomic E-state index is 0.391. The normalized spacial score (nSPS) is 14.4. The molecule has 2 atom stereocenters. The van der Waals surface area contributed by atoms with Gasteiger partial charge in [-0.3, -0.25) is 0 Å². The van der Waals surface area contributed by atoms with Crippen molar-refractivity contribution >= 4 is 22.9 Å². The van der Waals surface area contributed by atoms with Crippen LogP contribution in [0.4, 0.5) is 0 Å². The third-order valence-corrected chi connectivity index (χ3v) is 4.41. The van der Waals surface area contributed by atoms with Gasteiger partial charge in [0.1, 0.15) is 0 Å². The van der Waals surface area contributed by atoms with Crippen LogP contribution in [0.5, 0.6) is 0 Å². The molecule has 0 aliphatic carbocycles. The van der Waals surface area contributed by atoms with E-state index in [9.17, 15) is 0 Å². The van der Waals surface area contributed by atoms with Gasteiger partial charge in [0.15, 0.2) is 0 Å². The maximum absolute atomic E-state index is 6.18. The second kappa shape index (κ2) is 6.37. The molecule has 0 saturated carbocycles. The number of halogens is 1. The second-order valence-electron chi connectivity index (χ2n) is 4.60. The van der Waals surface area contributed by atoms with E-state index in [4.69, 9.17) is 11.6 Å². The molecule has 0 aliphatic heterocycles. The summed E-state index contributed by atoms with van der Waals surface area (Å²) < 4.78 is 0. The van der Waals surface area contributed by atoms with Crippen LogP contribution < -0.4 is 5.32 Å². The van der Waals surface area contributed by atoms with Crippen LogP contribution in [-0.4, -0.2) is 6.04 Å². The van der Waals surface area contributed by atoms with Gasteiger partial charge >= 0.3 is 0 Å². The van der Waals surface area contributed by atoms with Crippen LogP contribution in [0, 0.1) is 0 Å². The molecule has 0 fully saturated rings. The van der Waals surface area contributed by atoms with Gasteiger partial charge in [0.2, 0.25) is 0 Å². The molecule has 0 radical (unpaired) electrons. The number of hydrogen-bond donors (Lipinski definition) is 1. The standard InChI is InChI=1S/C15H18ClNS/c1-11(10-13-6-3-4-7-14(13)16)17-12(2)15-8-5-9-18-15/h3-9,11-12,17H,10H2,1-2H3. The van der Waals surface area contributed by atoms with Crippen LogP contribution in [0.1, 0.15) is 30.3 Å². The lowest BCUT2D eigenvalue weighted by Crippen LogP contribution is -2.30. The molecule has 96 valence electrons. The highest BCUT2D eigenvalue weighted by molar-refractivity contribution is 7.10. The summed E-state index contributed by atoms with van der Waals surface area (Å²) in [5, 5.41) is 6.58. The van der Waals surface area contributed by atoms with Gasteiger partial charge in [-0.05, 0) is 43.3 Å².